The van der Waals surface area contributed by atoms with Crippen molar-refractivity contribution in [1.29, 1.82) is 0 Å². The number of halogens is 1. The van der Waals surface area contributed by atoms with Gasteiger partial charge in [0.15, 0.2) is 0 Å². The molecule has 4 saturated carbocycles. The van der Waals surface area contributed by atoms with Crippen molar-refractivity contribution in [3.8, 4) is 5.75 Å². The number of nitrogens with zero attached hydrogens (tertiary/aromatic N) is 1. The minimum Gasteiger partial charge on any atom is -0.496 e. The fourth-order valence-corrected chi connectivity index (χ4v) is 7.78. The summed E-state index contributed by atoms with van der Waals surface area (Å²) in [6.45, 7) is 2.16. The van der Waals surface area contributed by atoms with Crippen LogP contribution >= 0.6 is 11.6 Å². The van der Waals surface area contributed by atoms with E-state index < -0.39 is 6.04 Å². The molecule has 168 valence electrons. The molecule has 2 unspecified atom stereocenters. The monoisotopic (exact) mass is 445 g/mol. The topological polar surface area (TPSA) is 55.8 Å². The number of hydrogen-bond donors (Lipinski definition) is 0. The van der Waals surface area contributed by atoms with E-state index >= 15 is 0 Å². The van der Waals surface area contributed by atoms with E-state index in [4.69, 9.17) is 21.1 Å². The first-order valence-electron chi connectivity index (χ1n) is 11.7. The summed E-state index contributed by atoms with van der Waals surface area (Å²) < 4.78 is 11.0. The van der Waals surface area contributed by atoms with Gasteiger partial charge in [-0.25, -0.2) is 4.79 Å². The van der Waals surface area contributed by atoms with Crippen molar-refractivity contribution >= 4 is 23.5 Å². The summed E-state index contributed by atoms with van der Waals surface area (Å²) >= 11 is 6.48. The molecule has 0 radical (unpaired) electrons. The van der Waals surface area contributed by atoms with E-state index in [-0.39, 0.29) is 23.3 Å². The van der Waals surface area contributed by atoms with Gasteiger partial charge in [0.05, 0.1) is 13.7 Å². The molecule has 1 aliphatic heterocycles. The van der Waals surface area contributed by atoms with Gasteiger partial charge in [-0.2, -0.15) is 0 Å². The van der Waals surface area contributed by atoms with E-state index in [1.807, 2.05) is 30.0 Å². The van der Waals surface area contributed by atoms with Crippen molar-refractivity contribution in [1.82, 2.24) is 4.90 Å². The predicted molar refractivity (Wildman–Crippen MR) is 118 cm³/mol. The summed E-state index contributed by atoms with van der Waals surface area (Å²) in [4.78, 5) is 28.9. The smallest absolute Gasteiger partial charge is 0.328 e. The predicted octanol–water partition coefficient (Wildman–Crippen LogP) is 4.64. The van der Waals surface area contributed by atoms with Gasteiger partial charge in [-0.15, -0.1) is 0 Å². The van der Waals surface area contributed by atoms with Crippen LogP contribution in [0.15, 0.2) is 18.2 Å². The molecule has 0 spiro atoms. The van der Waals surface area contributed by atoms with E-state index in [2.05, 4.69) is 0 Å². The summed E-state index contributed by atoms with van der Waals surface area (Å²) in [5, 5.41) is 0.605. The lowest BCUT2D eigenvalue weighted by molar-refractivity contribution is -0.166. The molecule has 0 aromatic heterocycles. The van der Waals surface area contributed by atoms with E-state index in [1.165, 1.54) is 19.3 Å². The van der Waals surface area contributed by atoms with Crippen LogP contribution in [0.2, 0.25) is 5.02 Å². The SMILES string of the molecule is CCOC(=O)C1CC(Cc2c(Cl)cccc2OC)C(=O)N1C12CC3CC(CC(C3)C1)C2. The highest BCUT2D eigenvalue weighted by Crippen LogP contribution is 2.59. The molecule has 1 amide bonds. The molecular formula is C25H32ClNO4. The highest BCUT2D eigenvalue weighted by atomic mass is 35.5. The third kappa shape index (κ3) is 3.53. The van der Waals surface area contributed by atoms with Gasteiger partial charge in [-0.1, -0.05) is 17.7 Å². The zero-order chi connectivity index (χ0) is 21.8. The van der Waals surface area contributed by atoms with Gasteiger partial charge in [-0.05, 0) is 88.2 Å². The Bertz CT molecular complexity index is 849. The van der Waals surface area contributed by atoms with Crippen LogP contribution in [0.3, 0.4) is 0 Å². The Morgan fingerprint density at radius 2 is 1.77 bits per heavy atom. The summed E-state index contributed by atoms with van der Waals surface area (Å²) in [7, 11) is 1.62. The summed E-state index contributed by atoms with van der Waals surface area (Å²) in [6.07, 6.45) is 8.01. The van der Waals surface area contributed by atoms with E-state index in [1.54, 1.807) is 7.11 Å². The number of amides is 1. The van der Waals surface area contributed by atoms with Gasteiger partial charge >= 0.3 is 5.97 Å². The third-order valence-electron chi connectivity index (χ3n) is 8.23. The number of carbonyl (C=O) groups is 2. The average molecular weight is 446 g/mol. The largest absolute Gasteiger partial charge is 0.496 e. The molecule has 5 fully saturated rings. The zero-order valence-electron chi connectivity index (χ0n) is 18.4. The number of hydrogen-bond acceptors (Lipinski definition) is 4. The van der Waals surface area contributed by atoms with Crippen molar-refractivity contribution in [2.45, 2.75) is 69.9 Å². The quantitative estimate of drug-likeness (QED) is 0.598. The Hall–Kier alpha value is -1.75. The van der Waals surface area contributed by atoms with Crippen LogP contribution in [0.25, 0.3) is 0 Å². The fourth-order valence-electron chi connectivity index (χ4n) is 7.54. The Kier molecular flexibility index (Phi) is 5.44. The molecule has 6 rings (SSSR count). The molecule has 5 nitrogen and oxygen atoms in total. The van der Waals surface area contributed by atoms with Gasteiger partial charge in [0.1, 0.15) is 11.8 Å². The molecule has 1 heterocycles. The van der Waals surface area contributed by atoms with Gasteiger partial charge in [0.2, 0.25) is 5.91 Å². The number of rotatable bonds is 6. The maximum Gasteiger partial charge on any atom is 0.328 e. The number of carbonyl (C=O) groups excluding carboxylic acids is 2. The van der Waals surface area contributed by atoms with Crippen LogP contribution < -0.4 is 4.74 Å². The highest BCUT2D eigenvalue weighted by molar-refractivity contribution is 6.31. The number of benzene rings is 1. The molecule has 1 saturated heterocycles. The Labute approximate surface area is 189 Å². The number of ether oxygens (including phenoxy) is 2. The van der Waals surface area contributed by atoms with Crippen molar-refractivity contribution in [3.05, 3.63) is 28.8 Å². The third-order valence-corrected chi connectivity index (χ3v) is 8.58. The molecule has 4 aliphatic carbocycles. The number of likely N-dealkylation sites (tertiary alicyclic amines) is 1. The first-order valence-corrected chi connectivity index (χ1v) is 12.1. The van der Waals surface area contributed by atoms with Crippen LogP contribution in [0.5, 0.6) is 5.75 Å². The highest BCUT2D eigenvalue weighted by Gasteiger charge is 2.60. The second-order valence-corrected chi connectivity index (χ2v) is 10.6. The summed E-state index contributed by atoms with van der Waals surface area (Å²) in [6, 6.07) is 5.07. The lowest BCUT2D eigenvalue weighted by Gasteiger charge is -2.60. The minimum atomic E-state index is -0.484. The van der Waals surface area contributed by atoms with Gasteiger partial charge < -0.3 is 14.4 Å². The molecule has 1 aromatic carbocycles. The Morgan fingerprint density at radius 3 is 2.35 bits per heavy atom. The van der Waals surface area contributed by atoms with Crippen molar-refractivity contribution < 1.29 is 19.1 Å². The molecule has 2 atom stereocenters. The second-order valence-electron chi connectivity index (χ2n) is 10.2. The molecule has 6 heteroatoms. The Balaban J connectivity index is 1.47. The van der Waals surface area contributed by atoms with Crippen molar-refractivity contribution in [2.24, 2.45) is 23.7 Å². The van der Waals surface area contributed by atoms with E-state index in [0.717, 1.165) is 24.8 Å². The normalized spacial score (nSPS) is 36.2. The van der Waals surface area contributed by atoms with Gasteiger partial charge in [0.25, 0.3) is 0 Å². The second kappa shape index (κ2) is 7.99. The first-order chi connectivity index (χ1) is 14.9. The standard InChI is InChI=1S/C25H32ClNO4/c1-3-31-24(29)21-11-18(10-19-20(26)5-4-6-22(19)30-2)23(28)27(21)25-12-15-7-16(13-25)9-17(8-15)14-25/h4-6,15-18,21H,3,7-14H2,1-2H3. The van der Waals surface area contributed by atoms with Crippen LogP contribution in [-0.4, -0.2) is 42.1 Å². The lowest BCUT2D eigenvalue weighted by Crippen LogP contribution is -2.63. The van der Waals surface area contributed by atoms with Crippen LogP contribution in [-0.2, 0) is 20.7 Å². The summed E-state index contributed by atoms with van der Waals surface area (Å²) in [5.41, 5.74) is 0.683. The molecule has 1 aromatic rings. The fraction of sp³-hybridized carbons (Fsp3) is 0.680. The summed E-state index contributed by atoms with van der Waals surface area (Å²) in [5.74, 6) is 2.36. The van der Waals surface area contributed by atoms with E-state index in [0.29, 0.717) is 48.0 Å². The van der Waals surface area contributed by atoms with Crippen LogP contribution in [0.1, 0.15) is 57.4 Å². The molecule has 4 bridgehead atoms. The van der Waals surface area contributed by atoms with Gasteiger partial charge in [-0.3, -0.25) is 4.79 Å². The van der Waals surface area contributed by atoms with Crippen molar-refractivity contribution in [2.75, 3.05) is 13.7 Å². The van der Waals surface area contributed by atoms with Crippen molar-refractivity contribution in [3.63, 3.8) is 0 Å². The minimum absolute atomic E-state index is 0.0991. The molecule has 0 N–H and O–H groups in total. The maximum absolute atomic E-state index is 13.9. The first kappa shape index (κ1) is 21.1. The Morgan fingerprint density at radius 1 is 1.13 bits per heavy atom. The molecular weight excluding hydrogens is 414 g/mol. The number of methoxy groups -OCH3 is 1. The number of esters is 1. The average Bonchev–Trinajstić information content (AvgIpc) is 3.06. The van der Waals surface area contributed by atoms with Gasteiger partial charge in [0, 0.05) is 22.0 Å². The molecule has 5 aliphatic rings. The molecule has 31 heavy (non-hydrogen) atoms. The zero-order valence-corrected chi connectivity index (χ0v) is 19.2. The van der Waals surface area contributed by atoms with E-state index in [9.17, 15) is 9.59 Å². The maximum atomic E-state index is 13.9. The lowest BCUT2D eigenvalue weighted by atomic mass is 9.52. The van der Waals surface area contributed by atoms with Crippen LogP contribution in [0, 0.1) is 23.7 Å². The van der Waals surface area contributed by atoms with Crippen LogP contribution in [0.4, 0.5) is 0 Å².